The van der Waals surface area contributed by atoms with E-state index < -0.39 is 17.7 Å². The van der Waals surface area contributed by atoms with Crippen LogP contribution in [-0.4, -0.2) is 36.4 Å². The minimum atomic E-state index is -4.86. The van der Waals surface area contributed by atoms with Crippen molar-refractivity contribution in [3.63, 3.8) is 0 Å². The van der Waals surface area contributed by atoms with Crippen LogP contribution in [0, 0.1) is 0 Å². The van der Waals surface area contributed by atoms with Gasteiger partial charge in [0.1, 0.15) is 5.75 Å². The molecule has 7 heteroatoms. The highest BCUT2D eigenvalue weighted by Gasteiger charge is 2.56. The maximum atomic E-state index is 12.7. The third kappa shape index (κ3) is 3.63. The van der Waals surface area contributed by atoms with Crippen LogP contribution in [0.2, 0.25) is 0 Å². The second kappa shape index (κ2) is 6.13. The molecule has 1 rings (SSSR count). The van der Waals surface area contributed by atoms with E-state index in [-0.39, 0.29) is 13.0 Å². The molecule has 2 N–H and O–H groups in total. The Hall–Kier alpha value is -1.76. The fraction of sp³-hybridized carbons (Fsp3) is 0.462. The number of benzene rings is 1. The third-order valence-corrected chi connectivity index (χ3v) is 3.05. The number of carboxylic acids is 1. The molecule has 1 unspecified atom stereocenters. The molecule has 0 aliphatic heterocycles. The summed E-state index contributed by atoms with van der Waals surface area (Å²) in [6.07, 6.45) is -4.58. The third-order valence-electron chi connectivity index (χ3n) is 3.05. The fourth-order valence-corrected chi connectivity index (χ4v) is 1.55. The van der Waals surface area contributed by atoms with Crippen molar-refractivity contribution in [1.82, 2.24) is 5.32 Å². The van der Waals surface area contributed by atoms with Gasteiger partial charge in [-0.25, -0.2) is 4.79 Å². The Morgan fingerprint density at radius 1 is 1.30 bits per heavy atom. The van der Waals surface area contributed by atoms with Gasteiger partial charge in [-0.2, -0.15) is 13.2 Å². The second-order valence-electron chi connectivity index (χ2n) is 4.45. The minimum absolute atomic E-state index is 0.103. The monoisotopic (exact) mass is 291 g/mol. The van der Waals surface area contributed by atoms with E-state index in [1.165, 1.54) is 7.11 Å². The highest BCUT2D eigenvalue weighted by atomic mass is 19.4. The van der Waals surface area contributed by atoms with Gasteiger partial charge in [0.05, 0.1) is 7.11 Å². The molecule has 112 valence electrons. The first-order valence-corrected chi connectivity index (χ1v) is 5.89. The first-order chi connectivity index (χ1) is 9.20. The van der Waals surface area contributed by atoms with E-state index in [2.05, 4.69) is 5.32 Å². The Bertz CT molecular complexity index is 459. The number of methoxy groups -OCH3 is 1. The molecule has 1 aromatic carbocycles. The van der Waals surface area contributed by atoms with Crippen LogP contribution < -0.4 is 10.1 Å². The van der Waals surface area contributed by atoms with Gasteiger partial charge in [0, 0.05) is 6.54 Å². The number of hydrogen-bond acceptors (Lipinski definition) is 3. The first kappa shape index (κ1) is 16.3. The van der Waals surface area contributed by atoms with Crippen LogP contribution in [0.4, 0.5) is 13.2 Å². The van der Waals surface area contributed by atoms with E-state index in [4.69, 9.17) is 9.84 Å². The molecular formula is C13H16F3NO3. The molecule has 0 fully saturated rings. The highest BCUT2D eigenvalue weighted by molar-refractivity contribution is 5.79. The van der Waals surface area contributed by atoms with Crippen LogP contribution in [-0.2, 0) is 11.2 Å². The van der Waals surface area contributed by atoms with Crippen LogP contribution in [0.25, 0.3) is 0 Å². The minimum Gasteiger partial charge on any atom is -0.497 e. The molecule has 0 aliphatic carbocycles. The summed E-state index contributed by atoms with van der Waals surface area (Å²) in [5.74, 6) is -1.30. The molecule has 0 heterocycles. The molecule has 1 atom stereocenters. The highest BCUT2D eigenvalue weighted by Crippen LogP contribution is 2.30. The summed E-state index contributed by atoms with van der Waals surface area (Å²) in [6, 6.07) is 6.81. The Morgan fingerprint density at radius 2 is 1.85 bits per heavy atom. The SMILES string of the molecule is COc1ccc(CCNC(C)(C(=O)O)C(F)(F)F)cc1. The van der Waals surface area contributed by atoms with Gasteiger partial charge < -0.3 is 9.84 Å². The quantitative estimate of drug-likeness (QED) is 0.844. The fourth-order valence-electron chi connectivity index (χ4n) is 1.55. The van der Waals surface area contributed by atoms with Crippen LogP contribution >= 0.6 is 0 Å². The summed E-state index contributed by atoms with van der Waals surface area (Å²) < 4.78 is 43.1. The van der Waals surface area contributed by atoms with Crippen molar-refractivity contribution >= 4 is 5.97 Å². The van der Waals surface area contributed by atoms with E-state index in [0.29, 0.717) is 12.7 Å². The zero-order valence-electron chi connectivity index (χ0n) is 11.1. The summed E-state index contributed by atoms with van der Waals surface area (Å²) in [5.41, 5.74) is -2.16. The van der Waals surface area contributed by atoms with E-state index >= 15 is 0 Å². The smallest absolute Gasteiger partial charge is 0.417 e. The Kier molecular flexibility index (Phi) is 4.99. The van der Waals surface area contributed by atoms with Gasteiger partial charge in [-0.15, -0.1) is 0 Å². The maximum absolute atomic E-state index is 12.7. The summed E-state index contributed by atoms with van der Waals surface area (Å²) in [7, 11) is 1.51. The van der Waals surface area contributed by atoms with Crippen molar-refractivity contribution in [2.75, 3.05) is 13.7 Å². The summed E-state index contributed by atoms with van der Waals surface area (Å²) >= 11 is 0. The molecule has 0 aliphatic rings. The summed E-state index contributed by atoms with van der Waals surface area (Å²) in [6.45, 7) is 0.512. The van der Waals surface area contributed by atoms with Gasteiger partial charge in [-0.1, -0.05) is 12.1 Å². The lowest BCUT2D eigenvalue weighted by Gasteiger charge is -2.28. The number of rotatable bonds is 6. The number of halogens is 3. The van der Waals surface area contributed by atoms with Crippen LogP contribution in [0.15, 0.2) is 24.3 Å². The standard InChI is InChI=1S/C13H16F3NO3/c1-12(11(18)19,13(14,15)16)17-8-7-9-3-5-10(20-2)6-4-9/h3-6,17H,7-8H2,1-2H3,(H,18,19). The number of alkyl halides is 3. The van der Waals surface area contributed by atoms with Crippen molar-refractivity contribution in [3.8, 4) is 5.75 Å². The van der Waals surface area contributed by atoms with Gasteiger partial charge in [-0.3, -0.25) is 5.32 Å². The van der Waals surface area contributed by atoms with Crippen molar-refractivity contribution in [1.29, 1.82) is 0 Å². The molecule has 0 saturated carbocycles. The molecule has 1 aromatic rings. The lowest BCUT2D eigenvalue weighted by molar-refractivity contribution is -0.205. The average molecular weight is 291 g/mol. The lowest BCUT2D eigenvalue weighted by atomic mass is 10.0. The first-order valence-electron chi connectivity index (χ1n) is 5.89. The number of carbonyl (C=O) groups is 1. The molecule has 20 heavy (non-hydrogen) atoms. The molecule has 0 radical (unpaired) electrons. The Labute approximate surface area is 114 Å². The van der Waals surface area contributed by atoms with Crippen LogP contribution in [0.3, 0.4) is 0 Å². The molecule has 0 aromatic heterocycles. The van der Waals surface area contributed by atoms with Crippen LogP contribution in [0.5, 0.6) is 5.75 Å². The van der Waals surface area contributed by atoms with Crippen molar-refractivity contribution in [2.45, 2.75) is 25.1 Å². The Balaban J connectivity index is 2.63. The van der Waals surface area contributed by atoms with E-state index in [9.17, 15) is 18.0 Å². The van der Waals surface area contributed by atoms with E-state index in [1.807, 2.05) is 0 Å². The van der Waals surface area contributed by atoms with Crippen molar-refractivity contribution < 1.29 is 27.8 Å². The van der Waals surface area contributed by atoms with Gasteiger partial charge >= 0.3 is 12.1 Å². The van der Waals surface area contributed by atoms with Crippen molar-refractivity contribution in [3.05, 3.63) is 29.8 Å². The zero-order chi connectivity index (χ0) is 15.4. The largest absolute Gasteiger partial charge is 0.497 e. The van der Waals surface area contributed by atoms with Gasteiger partial charge in [0.15, 0.2) is 0 Å². The normalized spacial score (nSPS) is 14.7. The summed E-state index contributed by atoms with van der Waals surface area (Å²) in [4.78, 5) is 10.8. The second-order valence-corrected chi connectivity index (χ2v) is 4.45. The van der Waals surface area contributed by atoms with Gasteiger partial charge in [0.2, 0.25) is 5.54 Å². The van der Waals surface area contributed by atoms with Crippen molar-refractivity contribution in [2.24, 2.45) is 0 Å². The van der Waals surface area contributed by atoms with E-state index in [0.717, 1.165) is 5.56 Å². The average Bonchev–Trinajstić information content (AvgIpc) is 2.37. The lowest BCUT2D eigenvalue weighted by Crippen LogP contribution is -2.60. The van der Waals surface area contributed by atoms with Gasteiger partial charge in [-0.05, 0) is 31.0 Å². The number of ether oxygens (including phenoxy) is 1. The number of carboxylic acid groups (broad SMARTS) is 1. The summed E-state index contributed by atoms with van der Waals surface area (Å²) in [5, 5.41) is 10.8. The topological polar surface area (TPSA) is 58.6 Å². The molecule has 4 nitrogen and oxygen atoms in total. The number of nitrogens with one attached hydrogen (secondary N) is 1. The molecule has 0 bridgehead atoms. The number of aliphatic carboxylic acids is 1. The predicted molar refractivity (Wildman–Crippen MR) is 66.8 cm³/mol. The zero-order valence-corrected chi connectivity index (χ0v) is 11.1. The molecule has 0 spiro atoms. The van der Waals surface area contributed by atoms with E-state index in [1.54, 1.807) is 24.3 Å². The number of hydrogen-bond donors (Lipinski definition) is 2. The predicted octanol–water partition coefficient (Wildman–Crippen LogP) is 2.23. The van der Waals surface area contributed by atoms with Crippen LogP contribution in [0.1, 0.15) is 12.5 Å². The van der Waals surface area contributed by atoms with Gasteiger partial charge in [0.25, 0.3) is 0 Å². The molecular weight excluding hydrogens is 275 g/mol. The molecule has 0 saturated heterocycles. The molecule has 0 amide bonds. The Morgan fingerprint density at radius 3 is 2.25 bits per heavy atom. The maximum Gasteiger partial charge on any atom is 0.417 e.